The van der Waals surface area contributed by atoms with Gasteiger partial charge in [-0.2, -0.15) is 13.2 Å². The summed E-state index contributed by atoms with van der Waals surface area (Å²) in [5, 5.41) is 8.60. The number of benzene rings is 1. The SMILES string of the molecule is Cc1cccc(C(=O)/C=C(\O)C(F)(F)F)c1. The molecule has 0 spiro atoms. The van der Waals surface area contributed by atoms with Gasteiger partial charge in [-0.25, -0.2) is 0 Å². The first-order chi connectivity index (χ1) is 7.30. The number of aliphatic hydroxyl groups excluding tert-OH is 1. The lowest BCUT2D eigenvalue weighted by Crippen LogP contribution is -2.13. The van der Waals surface area contributed by atoms with Gasteiger partial charge in [0, 0.05) is 11.6 Å². The molecule has 0 amide bonds. The minimum atomic E-state index is -4.89. The van der Waals surface area contributed by atoms with Gasteiger partial charge in [0.2, 0.25) is 5.76 Å². The zero-order valence-corrected chi connectivity index (χ0v) is 8.38. The molecule has 16 heavy (non-hydrogen) atoms. The van der Waals surface area contributed by atoms with Gasteiger partial charge in [-0.3, -0.25) is 4.79 Å². The summed E-state index contributed by atoms with van der Waals surface area (Å²) in [6.45, 7) is 1.71. The van der Waals surface area contributed by atoms with Crippen molar-refractivity contribution >= 4 is 5.78 Å². The average molecular weight is 230 g/mol. The van der Waals surface area contributed by atoms with Crippen molar-refractivity contribution in [1.29, 1.82) is 0 Å². The van der Waals surface area contributed by atoms with E-state index in [0.29, 0.717) is 0 Å². The molecule has 0 atom stereocenters. The van der Waals surface area contributed by atoms with Crippen LogP contribution >= 0.6 is 0 Å². The molecular formula is C11H9F3O2. The third kappa shape index (κ3) is 3.12. The second kappa shape index (κ2) is 4.38. The fourth-order valence-corrected chi connectivity index (χ4v) is 1.09. The van der Waals surface area contributed by atoms with E-state index in [4.69, 9.17) is 5.11 Å². The summed E-state index contributed by atoms with van der Waals surface area (Å²) in [6.07, 6.45) is -4.71. The van der Waals surface area contributed by atoms with E-state index in [2.05, 4.69) is 0 Å². The molecule has 0 aliphatic heterocycles. The Hall–Kier alpha value is -1.78. The molecular weight excluding hydrogens is 221 g/mol. The molecule has 0 saturated heterocycles. The lowest BCUT2D eigenvalue weighted by Gasteiger charge is -2.04. The molecule has 0 aromatic heterocycles. The minimum absolute atomic E-state index is 0.107. The number of aryl methyl sites for hydroxylation is 1. The number of carbonyl (C=O) groups excluding carboxylic acids is 1. The molecule has 1 aromatic rings. The van der Waals surface area contributed by atoms with E-state index >= 15 is 0 Å². The van der Waals surface area contributed by atoms with Crippen LogP contribution in [0.25, 0.3) is 0 Å². The first-order valence-electron chi connectivity index (χ1n) is 4.39. The highest BCUT2D eigenvalue weighted by Crippen LogP contribution is 2.23. The Kier molecular flexibility index (Phi) is 3.37. The standard InChI is InChI=1S/C11H9F3O2/c1-7-3-2-4-8(5-7)9(15)6-10(16)11(12,13)14/h2-6,16H,1H3/b10-6-. The predicted octanol–water partition coefficient (Wildman–Crippen LogP) is 3.18. The van der Waals surface area contributed by atoms with Crippen LogP contribution in [0.15, 0.2) is 36.1 Å². The van der Waals surface area contributed by atoms with E-state index in [9.17, 15) is 18.0 Å². The fourth-order valence-electron chi connectivity index (χ4n) is 1.09. The third-order valence-corrected chi connectivity index (χ3v) is 1.86. The van der Waals surface area contributed by atoms with Crippen LogP contribution in [0.2, 0.25) is 0 Å². The Morgan fingerprint density at radius 2 is 2.00 bits per heavy atom. The molecule has 0 fully saturated rings. The molecule has 86 valence electrons. The summed E-state index contributed by atoms with van der Waals surface area (Å²) in [6, 6.07) is 6.10. The van der Waals surface area contributed by atoms with Crippen LogP contribution in [0.3, 0.4) is 0 Å². The van der Waals surface area contributed by atoms with Gasteiger partial charge in [0.15, 0.2) is 5.78 Å². The average Bonchev–Trinajstić information content (AvgIpc) is 2.16. The number of carbonyl (C=O) groups is 1. The maximum atomic E-state index is 11.9. The zero-order chi connectivity index (χ0) is 12.3. The molecule has 0 heterocycles. The lowest BCUT2D eigenvalue weighted by atomic mass is 10.1. The van der Waals surface area contributed by atoms with E-state index in [-0.39, 0.29) is 11.6 Å². The molecule has 0 bridgehead atoms. The van der Waals surface area contributed by atoms with Gasteiger partial charge in [-0.1, -0.05) is 23.8 Å². The molecule has 5 heteroatoms. The van der Waals surface area contributed by atoms with Gasteiger partial charge < -0.3 is 5.11 Å². The number of aliphatic hydroxyl groups is 1. The Labute approximate surface area is 90.0 Å². The van der Waals surface area contributed by atoms with E-state index in [1.807, 2.05) is 0 Å². The Morgan fingerprint density at radius 1 is 1.38 bits per heavy atom. The number of hydrogen-bond acceptors (Lipinski definition) is 2. The van der Waals surface area contributed by atoms with Crippen LogP contribution in [0, 0.1) is 6.92 Å². The number of halogens is 3. The van der Waals surface area contributed by atoms with Gasteiger partial charge >= 0.3 is 6.18 Å². The van der Waals surface area contributed by atoms with Crippen molar-refractivity contribution in [2.24, 2.45) is 0 Å². The maximum Gasteiger partial charge on any atom is 0.448 e. The van der Waals surface area contributed by atoms with Crippen LogP contribution in [-0.2, 0) is 0 Å². The first kappa shape index (κ1) is 12.3. The van der Waals surface area contributed by atoms with Crippen molar-refractivity contribution < 1.29 is 23.1 Å². The van der Waals surface area contributed by atoms with Crippen LogP contribution in [0.4, 0.5) is 13.2 Å². The molecule has 1 rings (SSSR count). The van der Waals surface area contributed by atoms with Gasteiger partial charge in [0.25, 0.3) is 0 Å². The smallest absolute Gasteiger partial charge is 0.448 e. The van der Waals surface area contributed by atoms with Gasteiger partial charge in [-0.05, 0) is 13.0 Å². The van der Waals surface area contributed by atoms with Gasteiger partial charge in [0.1, 0.15) is 0 Å². The van der Waals surface area contributed by atoms with Gasteiger partial charge in [-0.15, -0.1) is 0 Å². The molecule has 2 nitrogen and oxygen atoms in total. The van der Waals surface area contributed by atoms with E-state index in [0.717, 1.165) is 5.56 Å². The Morgan fingerprint density at radius 3 is 2.50 bits per heavy atom. The molecule has 0 radical (unpaired) electrons. The van der Waals surface area contributed by atoms with Crippen LogP contribution in [-0.4, -0.2) is 17.1 Å². The quantitative estimate of drug-likeness (QED) is 0.481. The van der Waals surface area contributed by atoms with Crippen molar-refractivity contribution in [3.05, 3.63) is 47.2 Å². The second-order valence-electron chi connectivity index (χ2n) is 3.26. The maximum absolute atomic E-state index is 11.9. The number of ketones is 1. The number of rotatable bonds is 2. The van der Waals surface area contributed by atoms with Crippen LogP contribution < -0.4 is 0 Å². The topological polar surface area (TPSA) is 37.3 Å². The molecule has 0 saturated carbocycles. The molecule has 1 N–H and O–H groups in total. The highest BCUT2D eigenvalue weighted by Gasteiger charge is 2.34. The Balaban J connectivity index is 2.97. The van der Waals surface area contributed by atoms with E-state index < -0.39 is 17.7 Å². The molecule has 1 aromatic carbocycles. The summed E-state index contributed by atoms with van der Waals surface area (Å²) in [7, 11) is 0. The molecule has 0 unspecified atom stereocenters. The normalized spacial score (nSPS) is 12.6. The van der Waals surface area contributed by atoms with Crippen LogP contribution in [0.1, 0.15) is 15.9 Å². The summed E-state index contributed by atoms with van der Waals surface area (Å²) >= 11 is 0. The largest absolute Gasteiger partial charge is 0.504 e. The predicted molar refractivity (Wildman–Crippen MR) is 52.3 cm³/mol. The van der Waals surface area contributed by atoms with E-state index in [1.54, 1.807) is 19.1 Å². The van der Waals surface area contributed by atoms with Crippen LogP contribution in [0.5, 0.6) is 0 Å². The van der Waals surface area contributed by atoms with Crippen molar-refractivity contribution in [2.75, 3.05) is 0 Å². The summed E-state index contributed by atoms with van der Waals surface area (Å²) in [5.41, 5.74) is 0.863. The first-order valence-corrected chi connectivity index (χ1v) is 4.39. The number of hydrogen-bond donors (Lipinski definition) is 1. The third-order valence-electron chi connectivity index (χ3n) is 1.86. The van der Waals surface area contributed by atoms with Crippen molar-refractivity contribution in [1.82, 2.24) is 0 Å². The summed E-state index contributed by atoms with van der Waals surface area (Å²) in [5.74, 6) is -2.77. The van der Waals surface area contributed by atoms with Crippen molar-refractivity contribution in [2.45, 2.75) is 13.1 Å². The Bertz CT molecular complexity index is 433. The number of allylic oxidation sites excluding steroid dienone is 2. The summed E-state index contributed by atoms with van der Waals surface area (Å²) in [4.78, 5) is 11.3. The highest BCUT2D eigenvalue weighted by atomic mass is 19.4. The fraction of sp³-hybridized carbons (Fsp3) is 0.182. The van der Waals surface area contributed by atoms with E-state index in [1.165, 1.54) is 12.1 Å². The zero-order valence-electron chi connectivity index (χ0n) is 8.38. The molecule has 0 aliphatic carbocycles. The van der Waals surface area contributed by atoms with Gasteiger partial charge in [0.05, 0.1) is 0 Å². The monoisotopic (exact) mass is 230 g/mol. The molecule has 0 aliphatic rings. The highest BCUT2D eigenvalue weighted by molar-refractivity contribution is 6.04. The second-order valence-corrected chi connectivity index (χ2v) is 3.26. The lowest BCUT2D eigenvalue weighted by molar-refractivity contribution is -0.120. The number of alkyl halides is 3. The summed E-state index contributed by atoms with van der Waals surface area (Å²) < 4.78 is 35.8. The van der Waals surface area contributed by atoms with Crippen molar-refractivity contribution in [3.8, 4) is 0 Å². The van der Waals surface area contributed by atoms with Crippen molar-refractivity contribution in [3.63, 3.8) is 0 Å². The minimum Gasteiger partial charge on any atom is -0.504 e.